The molecule has 4 rings (SSSR count). The number of aromatic nitrogens is 2. The third kappa shape index (κ3) is 35.8. The van der Waals surface area contributed by atoms with E-state index in [0.29, 0.717) is 23.2 Å². The number of carbonyl (C=O) groups is 18. The predicted octanol–water partition coefficient (Wildman–Crippen LogP) is -7.31. The number of phenolic OH excluding ortho intramolecular Hbond substituents is 1. The van der Waals surface area contributed by atoms with Crippen LogP contribution in [0.2, 0.25) is 0 Å². The molecule has 2 aromatic carbocycles. The zero-order chi connectivity index (χ0) is 92.4. The summed E-state index contributed by atoms with van der Waals surface area (Å²) in [6.45, 7) is 3.23. The predicted molar refractivity (Wildman–Crippen MR) is 441 cm³/mol. The Morgan fingerprint density at radius 1 is 0.532 bits per heavy atom. The van der Waals surface area contributed by atoms with Gasteiger partial charge in [0.05, 0.1) is 38.5 Å². The van der Waals surface area contributed by atoms with Gasteiger partial charge in [0.25, 0.3) is 0 Å². The van der Waals surface area contributed by atoms with E-state index >= 15 is 0 Å². The van der Waals surface area contributed by atoms with Crippen LogP contribution in [-0.4, -0.2) is 293 Å². The fourth-order valence-corrected chi connectivity index (χ4v) is 12.9. The summed E-state index contributed by atoms with van der Waals surface area (Å²) in [5, 5.41) is 111. The number of carboxylic acids is 4. The van der Waals surface area contributed by atoms with Gasteiger partial charge in [-0.2, -0.15) is 12.6 Å². The molecule has 15 atom stereocenters. The van der Waals surface area contributed by atoms with Crippen molar-refractivity contribution in [1.82, 2.24) is 89.3 Å². The van der Waals surface area contributed by atoms with Gasteiger partial charge >= 0.3 is 23.9 Å². The smallest absolute Gasteiger partial charge is 0.326 e. The lowest BCUT2D eigenvalue weighted by Crippen LogP contribution is -2.62. The number of aromatic amines is 1. The summed E-state index contributed by atoms with van der Waals surface area (Å²) in [6.07, 6.45) is -0.999. The minimum atomic E-state index is -2.08. The first kappa shape index (κ1) is 104. The van der Waals surface area contributed by atoms with E-state index in [1.165, 1.54) is 36.8 Å². The van der Waals surface area contributed by atoms with Crippen LogP contribution in [0.15, 0.2) is 67.1 Å². The number of unbranched alkanes of at least 4 members (excludes halogenated alkanes) is 1. The number of phenols is 1. The number of aliphatic carboxylic acids is 4. The van der Waals surface area contributed by atoms with Gasteiger partial charge in [-0.25, -0.2) is 9.78 Å². The number of carboxylic acid groups (broad SMARTS) is 4. The monoisotopic (exact) mass is 1770 g/mol. The van der Waals surface area contributed by atoms with Crippen LogP contribution >= 0.6 is 12.6 Å². The normalized spacial score (nSPS) is 15.7. The van der Waals surface area contributed by atoms with E-state index in [9.17, 15) is 117 Å². The molecular weight excluding hydrogens is 1650 g/mol. The van der Waals surface area contributed by atoms with E-state index in [2.05, 4.69) is 97.0 Å². The van der Waals surface area contributed by atoms with Crippen molar-refractivity contribution in [1.29, 1.82) is 5.41 Å². The third-order valence-corrected chi connectivity index (χ3v) is 20.2. The van der Waals surface area contributed by atoms with Crippen molar-refractivity contribution in [2.45, 2.75) is 215 Å². The first-order chi connectivity index (χ1) is 58.7. The Hall–Kier alpha value is -12.6. The Labute approximate surface area is 717 Å². The van der Waals surface area contributed by atoms with Gasteiger partial charge < -0.3 is 137 Å². The van der Waals surface area contributed by atoms with Crippen molar-refractivity contribution in [2.24, 2.45) is 29.0 Å². The summed E-state index contributed by atoms with van der Waals surface area (Å²) in [7, 11) is 0. The number of imidazole rings is 1. The van der Waals surface area contributed by atoms with Crippen LogP contribution in [0.4, 0.5) is 0 Å². The Morgan fingerprint density at radius 3 is 1.55 bits per heavy atom. The summed E-state index contributed by atoms with van der Waals surface area (Å²) in [5.41, 5.74) is 18.4. The van der Waals surface area contributed by atoms with Gasteiger partial charge in [-0.1, -0.05) is 76.6 Å². The van der Waals surface area contributed by atoms with Gasteiger partial charge in [0.2, 0.25) is 82.7 Å². The number of benzene rings is 2. The minimum absolute atomic E-state index is 0.0179. The standard InChI is InChI=1S/C77H115N21O25S/c1-5-40(4)62(75(121)96-61(39(2)3)74(120)91-50(31-43-33-82-38-85-43)69(115)87-47(16-11-27-83-77(80)81)65(111)86-46(15-9-10-26-78)66(112)95-55(37-124)72(118)92-52(76(122)123)30-41-13-7-6-8-14-41)97-71(117)54(36-100)94-73(119)56-17-12-28-98(56)57(102)34-84-64(110)53(35-99)93-67(113)48(23-25-59(105)106)88-70(116)51(32-60(107)108)90-68(114)49(29-42-18-20-44(101)21-19-42)89-63(109)45(79)22-24-58(103)104/h6-8,13-14,18-21,33,38-40,45-56,61-62,99-101,124H,5,9-12,15-17,22-32,34-37,78-79H2,1-4H3,(H,82,85)(H,84,110)(H,86,111)(H,87,115)(H,88,116)(H,89,109)(H,90,114)(H,91,120)(H,92,118)(H,93,113)(H,94,119)(H,95,112)(H,96,121)(H,97,117)(H,103,104)(H,105,106)(H,107,108)(H,122,123)(H4,80,81,83)/t40-,45-,46-,47-,48-,49-,50-,51-,52-,53-,54-,55-,56-,61-,62-/m0/s1. The third-order valence-electron chi connectivity index (χ3n) is 19.8. The number of hydrogen-bond acceptors (Lipinski definition) is 26. The van der Waals surface area contributed by atoms with E-state index in [0.717, 1.165) is 4.90 Å². The lowest BCUT2D eigenvalue weighted by atomic mass is 9.96. The first-order valence-electron chi connectivity index (χ1n) is 40.0. The van der Waals surface area contributed by atoms with Gasteiger partial charge in [-0.05, 0) is 99.4 Å². The second-order valence-electron chi connectivity index (χ2n) is 29.7. The maximum Gasteiger partial charge on any atom is 0.326 e. The molecular formula is C77H115N21O25S. The number of H-pyrrole nitrogens is 1. The van der Waals surface area contributed by atoms with Gasteiger partial charge in [-0.15, -0.1) is 0 Å². The minimum Gasteiger partial charge on any atom is -0.508 e. The average molecular weight is 1770 g/mol. The van der Waals surface area contributed by atoms with Crippen molar-refractivity contribution in [3.05, 3.63) is 83.9 Å². The number of nitrogens with two attached hydrogens (primary N) is 3. The number of amides is 14. The molecule has 1 fully saturated rings. The number of hydrogen-bond donors (Lipinski definition) is 27. The van der Waals surface area contributed by atoms with Gasteiger partial charge in [0.15, 0.2) is 5.96 Å². The van der Waals surface area contributed by atoms with Crippen molar-refractivity contribution < 1.29 is 122 Å². The Kier molecular flexibility index (Phi) is 44.6. The molecule has 1 saturated heterocycles. The number of guanidine groups is 1. The van der Waals surface area contributed by atoms with Gasteiger partial charge in [0, 0.05) is 62.8 Å². The zero-order valence-electron chi connectivity index (χ0n) is 68.9. The zero-order valence-corrected chi connectivity index (χ0v) is 69.8. The number of thiol groups is 1. The lowest BCUT2D eigenvalue weighted by Gasteiger charge is -2.30. The number of aliphatic hydroxyl groups is 2. The first-order valence-corrected chi connectivity index (χ1v) is 40.6. The summed E-state index contributed by atoms with van der Waals surface area (Å²) < 4.78 is 0. The van der Waals surface area contributed by atoms with E-state index in [-0.39, 0.29) is 102 Å². The molecule has 1 aliphatic rings. The van der Waals surface area contributed by atoms with E-state index in [1.807, 2.05) is 0 Å². The topological polar surface area (TPSA) is 751 Å². The van der Waals surface area contributed by atoms with Crippen LogP contribution in [0.5, 0.6) is 5.75 Å². The molecule has 14 amide bonds. The molecule has 1 aliphatic heterocycles. The highest BCUT2D eigenvalue weighted by atomic mass is 32.1. The van der Waals surface area contributed by atoms with Crippen LogP contribution in [0.1, 0.15) is 128 Å². The van der Waals surface area contributed by atoms with Crippen LogP contribution in [0.3, 0.4) is 0 Å². The number of nitrogens with one attached hydrogen (secondary N) is 16. The highest BCUT2D eigenvalue weighted by molar-refractivity contribution is 7.80. The molecule has 1 aromatic heterocycles. The molecule has 0 saturated carbocycles. The fourth-order valence-electron chi connectivity index (χ4n) is 12.6. The summed E-state index contributed by atoms with van der Waals surface area (Å²) in [5.74, 6) is -23.1. The van der Waals surface area contributed by atoms with E-state index in [1.54, 1.807) is 58.0 Å². The number of likely N-dealkylation sites (tertiary alicyclic amines) is 1. The summed E-state index contributed by atoms with van der Waals surface area (Å²) in [4.78, 5) is 251. The van der Waals surface area contributed by atoms with Crippen molar-refractivity contribution in [3.63, 3.8) is 0 Å². The quantitative estimate of drug-likeness (QED) is 0.0108. The van der Waals surface area contributed by atoms with Gasteiger partial charge in [-0.3, -0.25) is 86.9 Å². The van der Waals surface area contributed by atoms with Crippen molar-refractivity contribution in [2.75, 3.05) is 45.1 Å². The van der Waals surface area contributed by atoms with Crippen molar-refractivity contribution in [3.8, 4) is 5.75 Å². The fraction of sp³-hybridized carbons (Fsp3) is 0.558. The molecule has 0 bridgehead atoms. The number of aromatic hydroxyl groups is 1. The van der Waals surface area contributed by atoms with Crippen LogP contribution < -0.4 is 91.6 Å². The number of nitrogens with zero attached hydrogens (tertiary/aromatic N) is 2. The molecule has 0 radical (unpaired) electrons. The SMILES string of the molecule is CC[C@H](C)[C@H](NC(=O)[C@H](CO)NC(=O)[C@@H]1CCCN1C(=O)CNC(=O)[C@H](CO)NC(=O)[C@H](CCC(=O)O)NC(=O)[C@H](CC(=O)O)NC(=O)[C@H](Cc1ccc(O)cc1)NC(=O)[C@@H](N)CCC(=O)O)C(=O)N[C@H](C(=O)N[C@@H](Cc1cnc[nH]1)C(=O)N[C@@H](CCCNC(=N)N)C(=O)N[C@@H](CCCCN)C(=O)N[C@@H](CS)C(=O)N[C@@H](Cc1ccccc1)C(=O)O)C(C)C. The molecule has 124 heavy (non-hydrogen) atoms. The molecule has 0 aliphatic carbocycles. The highest BCUT2D eigenvalue weighted by Crippen LogP contribution is 2.20. The van der Waals surface area contributed by atoms with Crippen LogP contribution in [0, 0.1) is 17.2 Å². The Morgan fingerprint density at radius 2 is 1.01 bits per heavy atom. The largest absolute Gasteiger partial charge is 0.508 e. The van der Waals surface area contributed by atoms with Crippen molar-refractivity contribution >= 4 is 125 Å². The number of carbonyl (C=O) groups excluding carboxylic acids is 14. The highest BCUT2D eigenvalue weighted by Gasteiger charge is 2.41. The second kappa shape index (κ2) is 53.3. The maximum absolute atomic E-state index is 14.7. The molecule has 29 N–H and O–H groups in total. The summed E-state index contributed by atoms with van der Waals surface area (Å²) in [6, 6.07) is -8.92. The average Bonchev–Trinajstić information content (AvgIpc) is 1.62. The molecule has 684 valence electrons. The van der Waals surface area contributed by atoms with Crippen LogP contribution in [0.25, 0.3) is 0 Å². The van der Waals surface area contributed by atoms with E-state index < -0.39 is 254 Å². The van der Waals surface area contributed by atoms with Crippen LogP contribution in [-0.2, 0) is 106 Å². The van der Waals surface area contributed by atoms with E-state index in [4.69, 9.17) is 27.7 Å². The Balaban J connectivity index is 1.47. The second-order valence-corrected chi connectivity index (χ2v) is 30.1. The molecule has 0 unspecified atom stereocenters. The molecule has 2 heterocycles. The molecule has 0 spiro atoms. The maximum atomic E-state index is 14.7. The molecule has 3 aromatic rings. The Bertz CT molecular complexity index is 4150. The number of rotatable bonds is 56. The number of aliphatic hydroxyl groups excluding tert-OH is 2. The van der Waals surface area contributed by atoms with Gasteiger partial charge in [0.1, 0.15) is 84.3 Å². The molecule has 47 heteroatoms. The summed E-state index contributed by atoms with van der Waals surface area (Å²) >= 11 is 4.24. The molecule has 46 nitrogen and oxygen atoms in total. The lowest BCUT2D eigenvalue weighted by molar-refractivity contribution is -0.142.